The molecule has 14 N–H and O–H groups in total. The van der Waals surface area contributed by atoms with Crippen LogP contribution in [0.15, 0.2) is 17.5 Å². The van der Waals surface area contributed by atoms with Gasteiger partial charge in [-0.1, -0.05) is 0 Å². The fraction of sp³-hybridized carbons (Fsp3) is 0.524. The highest BCUT2D eigenvalue weighted by molar-refractivity contribution is 5.95. The van der Waals surface area contributed by atoms with E-state index in [0.717, 1.165) is 0 Å². The Morgan fingerprint density at radius 2 is 1.54 bits per heavy atom. The average molecular weight is 555 g/mol. The van der Waals surface area contributed by atoms with E-state index in [4.69, 9.17) is 28.0 Å². The van der Waals surface area contributed by atoms with E-state index in [1.54, 1.807) is 0 Å². The number of carboxylic acids is 2. The number of rotatable bonds is 18. The van der Waals surface area contributed by atoms with Crippen LogP contribution in [0.4, 0.5) is 0 Å². The van der Waals surface area contributed by atoms with Crippen molar-refractivity contribution in [3.63, 3.8) is 0 Å². The van der Waals surface area contributed by atoms with Crippen LogP contribution in [0.5, 0.6) is 0 Å². The third-order valence-electron chi connectivity index (χ3n) is 5.22. The van der Waals surface area contributed by atoms with Gasteiger partial charge in [0.25, 0.3) is 0 Å². The first-order valence-electron chi connectivity index (χ1n) is 11.7. The van der Waals surface area contributed by atoms with Crippen LogP contribution in [0.2, 0.25) is 0 Å². The number of nitrogens with zero attached hydrogens (tertiary/aromatic N) is 2. The molecule has 18 nitrogen and oxygen atoms in total. The van der Waals surface area contributed by atoms with Crippen molar-refractivity contribution in [3.05, 3.63) is 18.2 Å². The van der Waals surface area contributed by atoms with Crippen LogP contribution in [0.3, 0.4) is 0 Å². The first-order chi connectivity index (χ1) is 18.3. The Kier molecular flexibility index (Phi) is 13.4. The number of aliphatic carboxylic acids is 2. The lowest BCUT2D eigenvalue weighted by molar-refractivity contribution is -0.142. The summed E-state index contributed by atoms with van der Waals surface area (Å²) in [6.45, 7) is 0.114. The van der Waals surface area contributed by atoms with Crippen LogP contribution >= 0.6 is 0 Å². The van der Waals surface area contributed by atoms with Crippen LogP contribution in [0.1, 0.15) is 37.8 Å². The zero-order valence-corrected chi connectivity index (χ0v) is 21.0. The molecule has 216 valence electrons. The van der Waals surface area contributed by atoms with Gasteiger partial charge in [0.2, 0.25) is 23.6 Å². The summed E-state index contributed by atoms with van der Waals surface area (Å²) in [5, 5.41) is 25.4. The minimum absolute atomic E-state index is 0.0473. The molecule has 1 heterocycles. The van der Waals surface area contributed by atoms with Crippen molar-refractivity contribution in [1.82, 2.24) is 25.9 Å². The van der Waals surface area contributed by atoms with Gasteiger partial charge in [0.15, 0.2) is 5.96 Å². The number of hydrogen-bond acceptors (Lipinski definition) is 9. The van der Waals surface area contributed by atoms with Crippen molar-refractivity contribution in [2.75, 3.05) is 6.54 Å². The maximum Gasteiger partial charge on any atom is 0.326 e. The molecule has 0 aliphatic heterocycles. The van der Waals surface area contributed by atoms with Gasteiger partial charge in [-0.2, -0.15) is 0 Å². The predicted octanol–water partition coefficient (Wildman–Crippen LogP) is -4.39. The predicted molar refractivity (Wildman–Crippen MR) is 134 cm³/mol. The van der Waals surface area contributed by atoms with E-state index in [1.165, 1.54) is 12.5 Å². The van der Waals surface area contributed by atoms with Gasteiger partial charge >= 0.3 is 11.9 Å². The quantitative estimate of drug-likeness (QED) is 0.0467. The summed E-state index contributed by atoms with van der Waals surface area (Å²) in [6.07, 6.45) is 1.40. The number of nitrogens with two attached hydrogens (primary N) is 4. The summed E-state index contributed by atoms with van der Waals surface area (Å²) < 4.78 is 0. The molecule has 4 unspecified atom stereocenters. The van der Waals surface area contributed by atoms with Crippen LogP contribution in [-0.4, -0.2) is 92.4 Å². The summed E-state index contributed by atoms with van der Waals surface area (Å²) in [5.74, 6) is -6.41. The number of aliphatic imine (C=N–C) groups is 1. The zero-order valence-electron chi connectivity index (χ0n) is 21.0. The van der Waals surface area contributed by atoms with E-state index in [9.17, 15) is 33.9 Å². The molecule has 0 aromatic carbocycles. The molecule has 18 heteroatoms. The Bertz CT molecular complexity index is 1040. The second-order valence-electron chi connectivity index (χ2n) is 8.46. The number of aromatic amines is 1. The molecular weight excluding hydrogens is 520 g/mol. The van der Waals surface area contributed by atoms with Gasteiger partial charge < -0.3 is 54.1 Å². The van der Waals surface area contributed by atoms with E-state index in [2.05, 4.69) is 30.9 Å². The lowest BCUT2D eigenvalue weighted by Gasteiger charge is -2.25. The first-order valence-corrected chi connectivity index (χ1v) is 11.7. The van der Waals surface area contributed by atoms with E-state index < -0.39 is 66.2 Å². The van der Waals surface area contributed by atoms with Crippen LogP contribution < -0.4 is 38.9 Å². The normalized spacial score (nSPS) is 13.7. The van der Waals surface area contributed by atoms with Gasteiger partial charge in [-0.3, -0.25) is 29.0 Å². The van der Waals surface area contributed by atoms with E-state index >= 15 is 0 Å². The van der Waals surface area contributed by atoms with Gasteiger partial charge in [0, 0.05) is 31.3 Å². The molecule has 0 bridgehead atoms. The Labute approximate surface area is 222 Å². The average Bonchev–Trinajstić information content (AvgIpc) is 3.35. The maximum absolute atomic E-state index is 13.1. The number of guanidine groups is 1. The van der Waals surface area contributed by atoms with Gasteiger partial charge in [-0.25, -0.2) is 9.78 Å². The van der Waals surface area contributed by atoms with Crippen molar-refractivity contribution in [1.29, 1.82) is 0 Å². The summed E-state index contributed by atoms with van der Waals surface area (Å²) in [5.41, 5.74) is 21.6. The number of carbonyl (C=O) groups excluding carboxylic acids is 4. The Morgan fingerprint density at radius 1 is 0.923 bits per heavy atom. The Balaban J connectivity index is 3.05. The molecule has 0 aliphatic carbocycles. The third-order valence-corrected chi connectivity index (χ3v) is 5.22. The molecule has 0 saturated carbocycles. The van der Waals surface area contributed by atoms with Crippen molar-refractivity contribution in [2.45, 2.75) is 62.7 Å². The third kappa shape index (κ3) is 12.9. The lowest BCUT2D eigenvalue weighted by atomic mass is 10.1. The van der Waals surface area contributed by atoms with E-state index in [1.807, 2.05) is 0 Å². The van der Waals surface area contributed by atoms with Crippen molar-refractivity contribution in [3.8, 4) is 0 Å². The highest BCUT2D eigenvalue weighted by Crippen LogP contribution is 2.06. The van der Waals surface area contributed by atoms with Crippen molar-refractivity contribution in [2.24, 2.45) is 27.9 Å². The number of carboxylic acid groups (broad SMARTS) is 2. The lowest BCUT2D eigenvalue weighted by Crippen LogP contribution is -2.57. The van der Waals surface area contributed by atoms with Crippen LogP contribution in [-0.2, 0) is 35.2 Å². The number of aromatic nitrogens is 2. The summed E-state index contributed by atoms with van der Waals surface area (Å²) in [6, 6.07) is -5.60. The largest absolute Gasteiger partial charge is 0.481 e. The van der Waals surface area contributed by atoms with Gasteiger partial charge in [0.1, 0.15) is 18.1 Å². The smallest absolute Gasteiger partial charge is 0.326 e. The van der Waals surface area contributed by atoms with E-state index in [-0.39, 0.29) is 44.6 Å². The number of nitrogens with one attached hydrogen (secondary N) is 4. The van der Waals surface area contributed by atoms with E-state index in [0.29, 0.717) is 5.69 Å². The molecule has 39 heavy (non-hydrogen) atoms. The molecule has 4 amide bonds. The maximum atomic E-state index is 13.1. The fourth-order valence-corrected chi connectivity index (χ4v) is 3.25. The molecule has 0 saturated heterocycles. The number of carbonyl (C=O) groups is 6. The van der Waals surface area contributed by atoms with Crippen LogP contribution in [0.25, 0.3) is 0 Å². The monoisotopic (exact) mass is 554 g/mol. The molecule has 1 aromatic heterocycles. The fourth-order valence-electron chi connectivity index (χ4n) is 3.25. The number of amides is 4. The van der Waals surface area contributed by atoms with Crippen molar-refractivity contribution < 1.29 is 39.0 Å². The second kappa shape index (κ2) is 16.2. The summed E-state index contributed by atoms with van der Waals surface area (Å²) >= 11 is 0. The highest BCUT2D eigenvalue weighted by atomic mass is 16.4. The summed E-state index contributed by atoms with van der Waals surface area (Å²) in [7, 11) is 0. The van der Waals surface area contributed by atoms with Gasteiger partial charge in [-0.05, 0) is 19.3 Å². The van der Waals surface area contributed by atoms with Gasteiger partial charge in [0.05, 0.1) is 18.8 Å². The second-order valence-corrected chi connectivity index (χ2v) is 8.46. The number of hydrogen-bond donors (Lipinski definition) is 10. The summed E-state index contributed by atoms with van der Waals surface area (Å²) in [4.78, 5) is 82.7. The molecule has 0 fully saturated rings. The van der Waals surface area contributed by atoms with Gasteiger partial charge in [-0.15, -0.1) is 0 Å². The number of H-pyrrole nitrogens is 1. The minimum atomic E-state index is -1.47. The standard InChI is InChI=1S/C21H34N10O8/c22-11(7-16(33)34)17(35)31-14(6-10-8-26-9-28-10)19(37)29-12(3-4-15(23)32)18(36)30-13(20(38)39)2-1-5-27-21(24)25/h8-9,11-14H,1-7,22H2,(H2,23,32)(H,26,28)(H,29,37)(H,30,36)(H,31,35)(H,33,34)(H,38,39)(H4,24,25,27). The molecule has 0 spiro atoms. The Hall–Kier alpha value is -4.74. The van der Waals surface area contributed by atoms with Crippen molar-refractivity contribution >= 4 is 41.5 Å². The molecular formula is C21H34N10O8. The highest BCUT2D eigenvalue weighted by Gasteiger charge is 2.31. The molecule has 1 aromatic rings. The molecule has 1 rings (SSSR count). The molecule has 0 radical (unpaired) electrons. The Morgan fingerprint density at radius 3 is 2.08 bits per heavy atom. The number of imidazole rings is 1. The SMILES string of the molecule is NC(=O)CCC(NC(=O)C(Cc1cnc[nH]1)NC(=O)C(N)CC(=O)O)C(=O)NC(CCCN=C(N)N)C(=O)O. The number of primary amides is 1. The molecule has 4 atom stereocenters. The van der Waals surface area contributed by atoms with Crippen LogP contribution in [0, 0.1) is 0 Å². The molecule has 0 aliphatic rings. The zero-order chi connectivity index (χ0) is 29.5. The first kappa shape index (κ1) is 32.3. The topological polar surface area (TPSA) is 324 Å². The minimum Gasteiger partial charge on any atom is -0.481 e.